The third-order valence-electron chi connectivity index (χ3n) is 3.62. The summed E-state index contributed by atoms with van der Waals surface area (Å²) in [5, 5.41) is 5.91. The molecule has 5 nitrogen and oxygen atoms in total. The van der Waals surface area contributed by atoms with Gasteiger partial charge in [0.25, 0.3) is 5.91 Å². The van der Waals surface area contributed by atoms with Crippen LogP contribution in [0.3, 0.4) is 0 Å². The lowest BCUT2D eigenvalue weighted by Crippen LogP contribution is -2.29. The van der Waals surface area contributed by atoms with Crippen LogP contribution in [0.4, 0.5) is 11.4 Å². The minimum atomic E-state index is -0.298. The van der Waals surface area contributed by atoms with Crippen molar-refractivity contribution in [3.63, 3.8) is 0 Å². The van der Waals surface area contributed by atoms with Crippen LogP contribution in [0.25, 0.3) is 0 Å². The smallest absolute Gasteiger partial charge is 0.253 e. The van der Waals surface area contributed by atoms with Crippen molar-refractivity contribution in [2.75, 3.05) is 11.9 Å². The van der Waals surface area contributed by atoms with Gasteiger partial charge < -0.3 is 10.6 Å². The van der Waals surface area contributed by atoms with Gasteiger partial charge in [-0.2, -0.15) is 0 Å². The van der Waals surface area contributed by atoms with E-state index in [0.29, 0.717) is 16.1 Å². The monoisotopic (exact) mass is 351 g/mol. The van der Waals surface area contributed by atoms with E-state index in [1.54, 1.807) is 17.6 Å². The predicted octanol–water partition coefficient (Wildman–Crippen LogP) is 3.81. The van der Waals surface area contributed by atoms with Gasteiger partial charge in [0.2, 0.25) is 0 Å². The summed E-state index contributed by atoms with van der Waals surface area (Å²) in [5.41, 5.74) is 4.83. The molecule has 25 heavy (non-hydrogen) atoms. The highest BCUT2D eigenvalue weighted by Gasteiger charge is 2.14. The first-order valence-corrected chi connectivity index (χ1v) is 8.64. The highest BCUT2D eigenvalue weighted by atomic mass is 32.1. The zero-order valence-corrected chi connectivity index (χ0v) is 14.5. The summed E-state index contributed by atoms with van der Waals surface area (Å²) >= 11 is 1.26. The fraction of sp³-hybridized carbons (Fsp3) is 0.105. The first-order chi connectivity index (χ1) is 12.1. The second-order valence-electron chi connectivity index (χ2n) is 5.51. The third-order valence-corrected chi connectivity index (χ3v) is 4.43. The molecule has 0 unspecified atom stereocenters. The van der Waals surface area contributed by atoms with Crippen molar-refractivity contribution in [2.45, 2.75) is 6.92 Å². The van der Waals surface area contributed by atoms with Crippen molar-refractivity contribution in [1.82, 2.24) is 10.3 Å². The highest BCUT2D eigenvalue weighted by Crippen LogP contribution is 2.21. The molecule has 2 aromatic carbocycles. The maximum Gasteiger partial charge on any atom is 0.253 e. The fourth-order valence-electron chi connectivity index (χ4n) is 2.28. The van der Waals surface area contributed by atoms with Gasteiger partial charge in [-0.05, 0) is 31.2 Å². The maximum atomic E-state index is 12.5. The van der Waals surface area contributed by atoms with Crippen molar-refractivity contribution in [2.24, 2.45) is 0 Å². The quantitative estimate of drug-likeness (QED) is 0.663. The van der Waals surface area contributed by atoms with Gasteiger partial charge in [-0.15, -0.1) is 11.3 Å². The second-order valence-corrected chi connectivity index (χ2v) is 6.39. The molecule has 126 valence electrons. The summed E-state index contributed by atoms with van der Waals surface area (Å²) in [4.78, 5) is 28.9. The third kappa shape index (κ3) is 4.30. The van der Waals surface area contributed by atoms with Gasteiger partial charge in [-0.3, -0.25) is 14.6 Å². The van der Waals surface area contributed by atoms with Crippen molar-refractivity contribution < 1.29 is 9.59 Å². The lowest BCUT2D eigenvalue weighted by atomic mass is 10.1. The number of hydrogen-bond acceptors (Lipinski definition) is 5. The van der Waals surface area contributed by atoms with Crippen LogP contribution in [0, 0.1) is 6.92 Å². The Kier molecular flexibility index (Phi) is 5.20. The Morgan fingerprint density at radius 2 is 1.84 bits per heavy atom. The van der Waals surface area contributed by atoms with Crippen LogP contribution in [-0.2, 0) is 0 Å². The minimum absolute atomic E-state index is 0.0557. The standard InChI is InChI=1S/C19H17N3O2S/c1-13-6-8-14(9-7-13)22-16-5-3-2-4-15(16)19(24)21-10-17(23)18-11-20-12-25-18/h2-9,11-12,22H,10H2,1H3,(H,21,24). The van der Waals surface area contributed by atoms with Crippen LogP contribution in [0.2, 0.25) is 0 Å². The van der Waals surface area contributed by atoms with Crippen LogP contribution < -0.4 is 10.6 Å². The normalized spacial score (nSPS) is 10.3. The zero-order valence-electron chi connectivity index (χ0n) is 13.7. The van der Waals surface area contributed by atoms with E-state index in [2.05, 4.69) is 15.6 Å². The van der Waals surface area contributed by atoms with E-state index < -0.39 is 0 Å². The molecule has 1 heterocycles. The number of para-hydroxylation sites is 1. The number of aryl methyl sites for hydroxylation is 1. The summed E-state index contributed by atoms with van der Waals surface area (Å²) < 4.78 is 0. The van der Waals surface area contributed by atoms with Crippen LogP contribution in [0.15, 0.2) is 60.2 Å². The summed E-state index contributed by atoms with van der Waals surface area (Å²) in [5.74, 6) is -0.451. The number of nitrogens with one attached hydrogen (secondary N) is 2. The number of amides is 1. The Morgan fingerprint density at radius 1 is 1.08 bits per heavy atom. The van der Waals surface area contributed by atoms with Crippen LogP contribution in [0.1, 0.15) is 25.6 Å². The molecule has 0 radical (unpaired) electrons. The summed E-state index contributed by atoms with van der Waals surface area (Å²) in [6.07, 6.45) is 1.51. The molecule has 6 heteroatoms. The first kappa shape index (κ1) is 16.9. The molecule has 1 aromatic heterocycles. The van der Waals surface area contributed by atoms with Crippen molar-refractivity contribution in [3.8, 4) is 0 Å². The van der Waals surface area contributed by atoms with Crippen LogP contribution in [-0.4, -0.2) is 23.2 Å². The van der Waals surface area contributed by atoms with E-state index in [9.17, 15) is 9.59 Å². The van der Waals surface area contributed by atoms with E-state index in [0.717, 1.165) is 11.3 Å². The number of Topliss-reactive ketones (excluding diaryl/α,β-unsaturated/α-hetero) is 1. The molecule has 2 N–H and O–H groups in total. The molecule has 0 spiro atoms. The van der Waals surface area contributed by atoms with Gasteiger partial charge in [0, 0.05) is 11.9 Å². The largest absolute Gasteiger partial charge is 0.355 e. The molecule has 0 fully saturated rings. The molecule has 0 saturated carbocycles. The highest BCUT2D eigenvalue weighted by molar-refractivity contribution is 7.11. The molecule has 0 saturated heterocycles. The molecule has 0 aliphatic heterocycles. The number of carbonyl (C=O) groups excluding carboxylic acids is 2. The lowest BCUT2D eigenvalue weighted by molar-refractivity contribution is 0.0906. The average Bonchev–Trinajstić information content (AvgIpc) is 3.16. The zero-order chi connectivity index (χ0) is 17.6. The summed E-state index contributed by atoms with van der Waals surface area (Å²) in [6, 6.07) is 15.1. The molecule has 0 aliphatic rings. The molecule has 0 aliphatic carbocycles. The Labute approximate surface area is 149 Å². The van der Waals surface area contributed by atoms with Gasteiger partial charge in [0.05, 0.1) is 28.2 Å². The number of anilines is 2. The number of ketones is 1. The lowest BCUT2D eigenvalue weighted by Gasteiger charge is -2.12. The molecular weight excluding hydrogens is 334 g/mol. The van der Waals surface area contributed by atoms with Crippen LogP contribution >= 0.6 is 11.3 Å². The number of benzene rings is 2. The van der Waals surface area contributed by atoms with Gasteiger partial charge in [0.15, 0.2) is 5.78 Å². The Balaban J connectivity index is 1.70. The van der Waals surface area contributed by atoms with Crippen molar-refractivity contribution in [3.05, 3.63) is 76.2 Å². The molecule has 0 atom stereocenters. The number of aromatic nitrogens is 1. The fourth-order valence-corrected chi connectivity index (χ4v) is 2.84. The number of thiazole rings is 1. The Bertz CT molecular complexity index is 874. The number of carbonyl (C=O) groups is 2. The van der Waals surface area contributed by atoms with E-state index in [1.807, 2.05) is 43.3 Å². The van der Waals surface area contributed by atoms with Crippen molar-refractivity contribution in [1.29, 1.82) is 0 Å². The second kappa shape index (κ2) is 7.72. The minimum Gasteiger partial charge on any atom is -0.355 e. The summed E-state index contributed by atoms with van der Waals surface area (Å²) in [6.45, 7) is 1.96. The van der Waals surface area contributed by atoms with Gasteiger partial charge >= 0.3 is 0 Å². The predicted molar refractivity (Wildman–Crippen MR) is 99.7 cm³/mol. The maximum absolute atomic E-state index is 12.5. The molecule has 3 aromatic rings. The van der Waals surface area contributed by atoms with E-state index >= 15 is 0 Å². The van der Waals surface area contributed by atoms with E-state index in [4.69, 9.17) is 0 Å². The van der Waals surface area contributed by atoms with Gasteiger partial charge in [-0.1, -0.05) is 29.8 Å². The topological polar surface area (TPSA) is 71.1 Å². The SMILES string of the molecule is Cc1ccc(Nc2ccccc2C(=O)NCC(=O)c2cncs2)cc1. The number of hydrogen-bond donors (Lipinski definition) is 2. The molecule has 0 bridgehead atoms. The first-order valence-electron chi connectivity index (χ1n) is 7.76. The Hall–Kier alpha value is -2.99. The molecule has 3 rings (SSSR count). The van der Waals surface area contributed by atoms with Crippen molar-refractivity contribution >= 4 is 34.4 Å². The van der Waals surface area contributed by atoms with Gasteiger partial charge in [0.1, 0.15) is 0 Å². The number of rotatable bonds is 6. The Morgan fingerprint density at radius 3 is 2.56 bits per heavy atom. The van der Waals surface area contributed by atoms with E-state index in [1.165, 1.54) is 17.5 Å². The molecular formula is C19H17N3O2S. The molecule has 1 amide bonds. The number of nitrogens with zero attached hydrogens (tertiary/aromatic N) is 1. The van der Waals surface area contributed by atoms with Gasteiger partial charge in [-0.25, -0.2) is 0 Å². The average molecular weight is 351 g/mol. The van der Waals surface area contributed by atoms with Crippen LogP contribution in [0.5, 0.6) is 0 Å². The van der Waals surface area contributed by atoms with E-state index in [-0.39, 0.29) is 18.2 Å². The summed E-state index contributed by atoms with van der Waals surface area (Å²) in [7, 11) is 0.